The van der Waals surface area contributed by atoms with Gasteiger partial charge in [0, 0.05) is 5.02 Å². The fourth-order valence-electron chi connectivity index (χ4n) is 2.59. The van der Waals surface area contributed by atoms with Gasteiger partial charge in [0.05, 0.1) is 5.02 Å². The Balaban J connectivity index is 2.06. The van der Waals surface area contributed by atoms with Crippen LogP contribution in [0.15, 0.2) is 42.5 Å². The Morgan fingerprint density at radius 1 is 1.13 bits per heavy atom. The Hall–Kier alpha value is -1.65. The second-order valence-electron chi connectivity index (χ2n) is 6.65. The molecule has 0 aliphatic carbocycles. The summed E-state index contributed by atoms with van der Waals surface area (Å²) in [5, 5.41) is 19.8. The molecule has 2 unspecified atom stereocenters. The van der Waals surface area contributed by atoms with E-state index < -0.39 is 30.2 Å². The lowest BCUT2D eigenvalue weighted by Crippen LogP contribution is -2.42. The van der Waals surface area contributed by atoms with Gasteiger partial charge >= 0.3 is 12.1 Å². The molecule has 0 radical (unpaired) electrons. The number of rotatable bonds is 10. The van der Waals surface area contributed by atoms with Crippen LogP contribution in [0.3, 0.4) is 0 Å². The molecule has 0 bridgehead atoms. The van der Waals surface area contributed by atoms with Crippen LogP contribution in [0.5, 0.6) is 11.5 Å². The number of carbonyl (C=O) groups is 1. The van der Waals surface area contributed by atoms with E-state index in [2.05, 4.69) is 0 Å². The molecule has 0 aliphatic heterocycles. The van der Waals surface area contributed by atoms with E-state index in [-0.39, 0.29) is 40.0 Å². The lowest BCUT2D eigenvalue weighted by atomic mass is 9.90. The van der Waals surface area contributed by atoms with Gasteiger partial charge < -0.3 is 20.7 Å². The van der Waals surface area contributed by atoms with E-state index in [4.69, 9.17) is 38.8 Å². The van der Waals surface area contributed by atoms with Crippen LogP contribution >= 0.6 is 35.0 Å². The molecule has 0 heterocycles. The number of alkyl halides is 3. The highest BCUT2D eigenvalue weighted by Crippen LogP contribution is 2.43. The molecular formula is C20H20Cl2F3NO4S. The zero-order chi connectivity index (χ0) is 23.2. The summed E-state index contributed by atoms with van der Waals surface area (Å²) in [6.07, 6.45) is -5.40. The second kappa shape index (κ2) is 10.8. The monoisotopic (exact) mass is 497 g/mol. The lowest BCUT2D eigenvalue weighted by Gasteiger charge is -2.31. The standard InChI is InChI=1S/C20H20Cl2F3NO4S/c21-13-3-6-17(15(22)11-13)30-14-4-1-12(2-5-14)19(29,20(23,24)25)8-10-31-9-7-16(26)18(27)28/h1-6,11,16,29H,7-10,26H2,(H,27,28). The minimum Gasteiger partial charge on any atom is -0.480 e. The van der Waals surface area contributed by atoms with E-state index in [0.29, 0.717) is 5.02 Å². The van der Waals surface area contributed by atoms with Crippen molar-refractivity contribution >= 4 is 40.9 Å². The highest BCUT2D eigenvalue weighted by molar-refractivity contribution is 7.99. The van der Waals surface area contributed by atoms with Crippen molar-refractivity contribution in [3.05, 3.63) is 58.1 Å². The number of thioether (sulfide) groups is 1. The van der Waals surface area contributed by atoms with Crippen LogP contribution in [0.4, 0.5) is 13.2 Å². The summed E-state index contributed by atoms with van der Waals surface area (Å²) in [7, 11) is 0. The van der Waals surface area contributed by atoms with Gasteiger partial charge in [-0.2, -0.15) is 24.9 Å². The molecule has 2 rings (SSSR count). The Morgan fingerprint density at radius 3 is 2.32 bits per heavy atom. The number of aliphatic carboxylic acids is 1. The first-order valence-electron chi connectivity index (χ1n) is 9.03. The summed E-state index contributed by atoms with van der Waals surface area (Å²) in [6, 6.07) is 8.35. The van der Waals surface area contributed by atoms with Crippen molar-refractivity contribution in [2.24, 2.45) is 5.73 Å². The Bertz CT molecular complexity index is 899. The van der Waals surface area contributed by atoms with E-state index in [9.17, 15) is 23.1 Å². The van der Waals surface area contributed by atoms with E-state index in [0.717, 1.165) is 23.9 Å². The van der Waals surface area contributed by atoms with Crippen molar-refractivity contribution < 1.29 is 32.9 Å². The molecule has 0 saturated carbocycles. The molecule has 0 amide bonds. The van der Waals surface area contributed by atoms with Crippen LogP contribution < -0.4 is 10.5 Å². The van der Waals surface area contributed by atoms with Crippen LogP contribution in [0.25, 0.3) is 0 Å². The molecule has 2 atom stereocenters. The summed E-state index contributed by atoms with van der Waals surface area (Å²) in [6.45, 7) is 0. The first-order valence-corrected chi connectivity index (χ1v) is 10.9. The molecule has 4 N–H and O–H groups in total. The predicted octanol–water partition coefficient (Wildman–Crippen LogP) is 5.46. The first-order chi connectivity index (χ1) is 14.4. The van der Waals surface area contributed by atoms with Crippen molar-refractivity contribution in [3.8, 4) is 11.5 Å². The number of hydrogen-bond donors (Lipinski definition) is 3. The number of aliphatic hydroxyl groups is 1. The molecule has 31 heavy (non-hydrogen) atoms. The zero-order valence-electron chi connectivity index (χ0n) is 16.0. The van der Waals surface area contributed by atoms with Crippen LogP contribution in [0, 0.1) is 0 Å². The Labute approximate surface area is 191 Å². The lowest BCUT2D eigenvalue weighted by molar-refractivity contribution is -0.267. The van der Waals surface area contributed by atoms with E-state index in [1.54, 1.807) is 6.07 Å². The summed E-state index contributed by atoms with van der Waals surface area (Å²) in [5.41, 5.74) is 1.96. The van der Waals surface area contributed by atoms with Gasteiger partial charge in [-0.05, 0) is 60.2 Å². The maximum Gasteiger partial charge on any atom is 0.421 e. The Kier molecular flexibility index (Phi) is 8.91. The molecular weight excluding hydrogens is 478 g/mol. The largest absolute Gasteiger partial charge is 0.480 e. The van der Waals surface area contributed by atoms with Crippen LogP contribution in [0.1, 0.15) is 18.4 Å². The highest BCUT2D eigenvalue weighted by Gasteiger charge is 2.54. The third-order valence-corrected chi connectivity index (χ3v) is 5.97. The van der Waals surface area contributed by atoms with Crippen molar-refractivity contribution in [3.63, 3.8) is 0 Å². The molecule has 0 saturated heterocycles. The average Bonchev–Trinajstić information content (AvgIpc) is 2.69. The van der Waals surface area contributed by atoms with E-state index in [1.807, 2.05) is 0 Å². The summed E-state index contributed by atoms with van der Waals surface area (Å²) in [5.74, 6) is -0.443. The van der Waals surface area contributed by atoms with Gasteiger partial charge in [0.1, 0.15) is 17.5 Å². The Morgan fingerprint density at radius 2 is 1.77 bits per heavy atom. The van der Waals surface area contributed by atoms with Gasteiger partial charge in [-0.1, -0.05) is 35.3 Å². The summed E-state index contributed by atoms with van der Waals surface area (Å²) in [4.78, 5) is 10.7. The third kappa shape index (κ3) is 6.92. The van der Waals surface area contributed by atoms with Crippen LogP contribution in [-0.4, -0.2) is 39.9 Å². The van der Waals surface area contributed by atoms with Gasteiger partial charge in [0.2, 0.25) is 0 Å². The fourth-order valence-corrected chi connectivity index (χ4v) is 4.10. The predicted molar refractivity (Wildman–Crippen MR) is 115 cm³/mol. The average molecular weight is 498 g/mol. The smallest absolute Gasteiger partial charge is 0.421 e. The van der Waals surface area contributed by atoms with Gasteiger partial charge in [-0.25, -0.2) is 0 Å². The molecule has 0 spiro atoms. The number of carboxylic acids is 1. The van der Waals surface area contributed by atoms with Crippen molar-refractivity contribution in [1.29, 1.82) is 0 Å². The summed E-state index contributed by atoms with van der Waals surface area (Å²) < 4.78 is 46.5. The van der Waals surface area contributed by atoms with Crippen molar-refractivity contribution in [2.45, 2.75) is 30.7 Å². The number of ether oxygens (including phenoxy) is 1. The minimum absolute atomic E-state index is 0.0407. The van der Waals surface area contributed by atoms with Crippen LogP contribution in [0.2, 0.25) is 10.0 Å². The highest BCUT2D eigenvalue weighted by atomic mass is 35.5. The molecule has 5 nitrogen and oxygen atoms in total. The van der Waals surface area contributed by atoms with Crippen molar-refractivity contribution in [2.75, 3.05) is 11.5 Å². The summed E-state index contributed by atoms with van der Waals surface area (Å²) >= 11 is 12.9. The maximum atomic E-state index is 13.7. The zero-order valence-corrected chi connectivity index (χ0v) is 18.4. The molecule has 2 aromatic rings. The van der Waals surface area contributed by atoms with E-state index >= 15 is 0 Å². The van der Waals surface area contributed by atoms with Crippen LogP contribution in [-0.2, 0) is 10.4 Å². The normalized spacial score (nSPS) is 14.7. The molecule has 0 aliphatic rings. The number of hydrogen-bond acceptors (Lipinski definition) is 5. The molecule has 0 aromatic heterocycles. The fraction of sp³-hybridized carbons (Fsp3) is 0.350. The van der Waals surface area contributed by atoms with Gasteiger partial charge in [0.15, 0.2) is 5.60 Å². The first kappa shape index (κ1) is 25.6. The minimum atomic E-state index is -4.91. The van der Waals surface area contributed by atoms with Gasteiger partial charge in [-0.3, -0.25) is 4.79 Å². The number of nitrogens with two attached hydrogens (primary N) is 1. The van der Waals surface area contributed by atoms with Gasteiger partial charge in [0.25, 0.3) is 0 Å². The van der Waals surface area contributed by atoms with E-state index in [1.165, 1.54) is 24.3 Å². The number of benzene rings is 2. The molecule has 2 aromatic carbocycles. The van der Waals surface area contributed by atoms with Crippen molar-refractivity contribution in [1.82, 2.24) is 0 Å². The number of halogens is 5. The van der Waals surface area contributed by atoms with Gasteiger partial charge in [-0.15, -0.1) is 0 Å². The molecule has 170 valence electrons. The third-order valence-electron chi connectivity index (χ3n) is 4.42. The SMILES string of the molecule is NC(CCSCCC(O)(c1ccc(Oc2ccc(Cl)cc2Cl)cc1)C(F)(F)F)C(=O)O. The second-order valence-corrected chi connectivity index (χ2v) is 8.72. The molecule has 0 fully saturated rings. The quantitative estimate of drug-likeness (QED) is 0.377. The molecule has 11 heteroatoms. The topological polar surface area (TPSA) is 92.8 Å². The maximum absolute atomic E-state index is 13.7. The number of carboxylic acid groups (broad SMARTS) is 1.